The van der Waals surface area contributed by atoms with E-state index >= 15 is 0 Å². The van der Waals surface area contributed by atoms with E-state index in [0.717, 1.165) is 24.5 Å². The summed E-state index contributed by atoms with van der Waals surface area (Å²) in [6.45, 7) is 1.10. The first kappa shape index (κ1) is 9.09. The maximum Gasteiger partial charge on any atom is 0.119 e. The Morgan fingerprint density at radius 2 is 2.31 bits per heavy atom. The lowest BCUT2D eigenvalue weighted by Gasteiger charge is -2.16. The van der Waals surface area contributed by atoms with Gasteiger partial charge in [0.2, 0.25) is 0 Å². The summed E-state index contributed by atoms with van der Waals surface area (Å²) in [6.07, 6.45) is 3.48. The van der Waals surface area contributed by atoms with Crippen molar-refractivity contribution in [3.63, 3.8) is 0 Å². The zero-order valence-electron chi connectivity index (χ0n) is 7.53. The second-order valence-corrected chi connectivity index (χ2v) is 3.66. The highest BCUT2D eigenvalue weighted by molar-refractivity contribution is 7.79. The largest absolute Gasteiger partial charge is 0.390 e. The Hall–Kier alpha value is -0.480. The first-order valence-corrected chi connectivity index (χ1v) is 5.29. The minimum atomic E-state index is 0.0586. The predicted octanol–water partition coefficient (Wildman–Crippen LogP) is 1.14. The molecular formula is C9H14N2OS. The van der Waals surface area contributed by atoms with Gasteiger partial charge in [-0.05, 0) is 19.3 Å². The molecule has 1 N–H and O–H groups in total. The number of hydrogen-bond donors (Lipinski definition) is 2. The van der Waals surface area contributed by atoms with Crippen molar-refractivity contribution in [3.05, 3.63) is 17.2 Å². The molecule has 4 heteroatoms. The minimum absolute atomic E-state index is 0.0586. The second-order valence-electron chi connectivity index (χ2n) is 3.35. The van der Waals surface area contributed by atoms with Gasteiger partial charge < -0.3 is 9.67 Å². The van der Waals surface area contributed by atoms with Crippen molar-refractivity contribution in [2.75, 3.05) is 0 Å². The smallest absolute Gasteiger partial charge is 0.119 e. The highest BCUT2D eigenvalue weighted by atomic mass is 32.1. The molecule has 0 bridgehead atoms. The Morgan fingerprint density at radius 3 is 3.00 bits per heavy atom. The molecule has 0 saturated carbocycles. The lowest BCUT2D eigenvalue weighted by atomic mass is 10.1. The van der Waals surface area contributed by atoms with Crippen LogP contribution in [-0.2, 0) is 25.3 Å². The molecule has 0 aromatic carbocycles. The van der Waals surface area contributed by atoms with Gasteiger partial charge in [0.25, 0.3) is 0 Å². The summed E-state index contributed by atoms with van der Waals surface area (Å²) >= 11 is 4.23. The van der Waals surface area contributed by atoms with Crippen LogP contribution in [0.4, 0.5) is 0 Å². The van der Waals surface area contributed by atoms with Crippen molar-refractivity contribution >= 4 is 12.6 Å². The summed E-state index contributed by atoms with van der Waals surface area (Å²) in [4.78, 5) is 4.37. The molecule has 0 amide bonds. The summed E-state index contributed by atoms with van der Waals surface area (Å²) in [5.41, 5.74) is 2.07. The number of aliphatic hydroxyl groups is 1. The van der Waals surface area contributed by atoms with Crippen LogP contribution in [0.5, 0.6) is 0 Å². The van der Waals surface area contributed by atoms with E-state index in [1.807, 2.05) is 0 Å². The van der Waals surface area contributed by atoms with Crippen LogP contribution < -0.4 is 0 Å². The van der Waals surface area contributed by atoms with Crippen LogP contribution in [0.1, 0.15) is 30.1 Å². The van der Waals surface area contributed by atoms with Crippen molar-refractivity contribution in [3.8, 4) is 0 Å². The van der Waals surface area contributed by atoms with Gasteiger partial charge in [0.15, 0.2) is 0 Å². The maximum atomic E-state index is 9.10. The van der Waals surface area contributed by atoms with E-state index in [-0.39, 0.29) is 6.61 Å². The summed E-state index contributed by atoms with van der Waals surface area (Å²) in [6, 6.07) is 0. The lowest BCUT2D eigenvalue weighted by molar-refractivity contribution is 0.275. The van der Waals surface area contributed by atoms with Gasteiger partial charge in [-0.2, -0.15) is 12.6 Å². The number of nitrogens with zero attached hydrogens (tertiary/aromatic N) is 2. The van der Waals surface area contributed by atoms with Gasteiger partial charge in [-0.25, -0.2) is 4.98 Å². The van der Waals surface area contributed by atoms with E-state index in [1.54, 1.807) is 0 Å². The zero-order valence-corrected chi connectivity index (χ0v) is 8.43. The first-order valence-electron chi connectivity index (χ1n) is 4.65. The van der Waals surface area contributed by atoms with Crippen molar-refractivity contribution < 1.29 is 5.11 Å². The fraction of sp³-hybridized carbons (Fsp3) is 0.667. The number of fused-ring (bicyclic) bond motifs is 1. The van der Waals surface area contributed by atoms with Crippen molar-refractivity contribution in [1.29, 1.82) is 0 Å². The first-order chi connectivity index (χ1) is 6.36. The molecular weight excluding hydrogens is 184 g/mol. The van der Waals surface area contributed by atoms with Gasteiger partial charge in [0.05, 0.1) is 12.3 Å². The average molecular weight is 198 g/mol. The number of thiol groups is 1. The monoisotopic (exact) mass is 198 g/mol. The molecule has 0 spiro atoms. The van der Waals surface area contributed by atoms with Gasteiger partial charge in [0.1, 0.15) is 5.82 Å². The van der Waals surface area contributed by atoms with E-state index < -0.39 is 0 Å². The molecule has 2 rings (SSSR count). The molecule has 0 aliphatic carbocycles. The molecule has 2 heterocycles. The Balaban J connectivity index is 2.44. The van der Waals surface area contributed by atoms with Crippen molar-refractivity contribution in [2.45, 2.75) is 38.2 Å². The van der Waals surface area contributed by atoms with Crippen LogP contribution >= 0.6 is 12.6 Å². The predicted molar refractivity (Wildman–Crippen MR) is 53.8 cm³/mol. The number of imidazole rings is 1. The van der Waals surface area contributed by atoms with Gasteiger partial charge >= 0.3 is 0 Å². The Bertz CT molecular complexity index is 280. The van der Waals surface area contributed by atoms with E-state index in [1.165, 1.54) is 18.5 Å². The molecule has 1 aromatic rings. The molecule has 0 atom stereocenters. The van der Waals surface area contributed by atoms with E-state index in [2.05, 4.69) is 22.2 Å². The summed E-state index contributed by atoms with van der Waals surface area (Å²) < 4.78 is 2.21. The Labute approximate surface area is 83.2 Å². The number of aromatic nitrogens is 2. The third-order valence-electron chi connectivity index (χ3n) is 2.57. The van der Waals surface area contributed by atoms with Gasteiger partial charge in [-0.1, -0.05) is 0 Å². The highest BCUT2D eigenvalue weighted by Gasteiger charge is 2.17. The second kappa shape index (κ2) is 3.72. The van der Waals surface area contributed by atoms with E-state index in [0.29, 0.717) is 5.75 Å². The van der Waals surface area contributed by atoms with E-state index in [9.17, 15) is 0 Å². The molecule has 72 valence electrons. The number of rotatable bonds is 2. The molecule has 0 saturated heterocycles. The summed E-state index contributed by atoms with van der Waals surface area (Å²) in [5, 5.41) is 9.10. The standard InChI is InChI=1S/C9H14N2OS/c12-5-7-8-3-1-2-4-11(8)9(6-13)10-7/h12-13H,1-6H2. The van der Waals surface area contributed by atoms with Crippen LogP contribution in [-0.4, -0.2) is 14.7 Å². The topological polar surface area (TPSA) is 38.1 Å². The van der Waals surface area contributed by atoms with Crippen molar-refractivity contribution in [1.82, 2.24) is 9.55 Å². The molecule has 0 radical (unpaired) electrons. The van der Waals surface area contributed by atoms with Gasteiger partial charge in [0, 0.05) is 18.0 Å². The van der Waals surface area contributed by atoms with Crippen LogP contribution in [0, 0.1) is 0 Å². The average Bonchev–Trinajstić information content (AvgIpc) is 2.56. The number of aliphatic hydroxyl groups excluding tert-OH is 1. The molecule has 1 aliphatic heterocycles. The quantitative estimate of drug-likeness (QED) is 0.699. The third kappa shape index (κ3) is 1.48. The Morgan fingerprint density at radius 1 is 1.46 bits per heavy atom. The molecule has 0 fully saturated rings. The number of hydrogen-bond acceptors (Lipinski definition) is 3. The lowest BCUT2D eigenvalue weighted by Crippen LogP contribution is -2.12. The maximum absolute atomic E-state index is 9.10. The van der Waals surface area contributed by atoms with Crippen LogP contribution in [0.2, 0.25) is 0 Å². The summed E-state index contributed by atoms with van der Waals surface area (Å²) in [5.74, 6) is 1.66. The van der Waals surface area contributed by atoms with Gasteiger partial charge in [-0.15, -0.1) is 0 Å². The minimum Gasteiger partial charge on any atom is -0.390 e. The fourth-order valence-corrected chi connectivity index (χ4v) is 2.19. The molecule has 1 aromatic heterocycles. The van der Waals surface area contributed by atoms with Crippen LogP contribution in [0.15, 0.2) is 0 Å². The molecule has 3 nitrogen and oxygen atoms in total. The van der Waals surface area contributed by atoms with Crippen LogP contribution in [0.3, 0.4) is 0 Å². The highest BCUT2D eigenvalue weighted by Crippen LogP contribution is 2.21. The fourth-order valence-electron chi connectivity index (χ4n) is 1.95. The summed E-state index contributed by atoms with van der Waals surface area (Å²) in [7, 11) is 0. The molecule has 1 aliphatic rings. The van der Waals surface area contributed by atoms with Crippen LogP contribution in [0.25, 0.3) is 0 Å². The third-order valence-corrected chi connectivity index (χ3v) is 2.85. The van der Waals surface area contributed by atoms with Gasteiger partial charge in [-0.3, -0.25) is 0 Å². The Kier molecular flexibility index (Phi) is 2.60. The van der Waals surface area contributed by atoms with Crippen molar-refractivity contribution in [2.24, 2.45) is 0 Å². The van der Waals surface area contributed by atoms with E-state index in [4.69, 9.17) is 5.11 Å². The zero-order chi connectivity index (χ0) is 9.26. The normalized spacial score (nSPS) is 15.8. The molecule has 0 unspecified atom stereocenters. The SMILES string of the molecule is OCc1nc(CS)n2c1CCCC2. The molecule has 13 heavy (non-hydrogen) atoms.